The molecule has 1 N–H and O–H groups in total. The lowest BCUT2D eigenvalue weighted by Crippen LogP contribution is -2.60. The molecule has 1 fully saturated rings. The number of ether oxygens (including phenoxy) is 3. The summed E-state index contributed by atoms with van der Waals surface area (Å²) < 4.78 is 16.3. The first-order chi connectivity index (χ1) is 7.67. The smallest absolute Gasteiger partial charge is 0.164 e. The van der Waals surface area contributed by atoms with Gasteiger partial charge in [-0.2, -0.15) is 0 Å². The van der Waals surface area contributed by atoms with Gasteiger partial charge in [0.05, 0.1) is 14.2 Å². The predicted molar refractivity (Wildman–Crippen MR) is 61.4 cm³/mol. The number of hydrogen-bond donors (Lipinski definition) is 1. The van der Waals surface area contributed by atoms with Crippen LogP contribution in [0.2, 0.25) is 0 Å². The monoisotopic (exact) mass is 223 g/mol. The third kappa shape index (κ3) is 2.07. The summed E-state index contributed by atoms with van der Waals surface area (Å²) in [7, 11) is 3.24. The van der Waals surface area contributed by atoms with Crippen molar-refractivity contribution in [2.75, 3.05) is 27.3 Å². The van der Waals surface area contributed by atoms with Crippen LogP contribution in [0.3, 0.4) is 0 Å². The molecule has 2 rings (SSSR count). The van der Waals surface area contributed by atoms with Gasteiger partial charge in [0, 0.05) is 19.2 Å². The van der Waals surface area contributed by atoms with E-state index < -0.39 is 0 Å². The Morgan fingerprint density at radius 3 is 2.31 bits per heavy atom. The van der Waals surface area contributed by atoms with E-state index in [2.05, 4.69) is 12.2 Å². The van der Waals surface area contributed by atoms with E-state index >= 15 is 0 Å². The molecule has 1 heterocycles. The van der Waals surface area contributed by atoms with Crippen LogP contribution in [0.25, 0.3) is 0 Å². The van der Waals surface area contributed by atoms with Crippen LogP contribution in [0.5, 0.6) is 17.2 Å². The van der Waals surface area contributed by atoms with E-state index in [0.717, 1.165) is 18.8 Å². The maximum Gasteiger partial charge on any atom is 0.164 e. The van der Waals surface area contributed by atoms with Gasteiger partial charge in [0.15, 0.2) is 11.5 Å². The first-order valence-corrected chi connectivity index (χ1v) is 5.29. The lowest BCUT2D eigenvalue weighted by atomic mass is 10.00. The zero-order chi connectivity index (χ0) is 11.6. The van der Waals surface area contributed by atoms with Crippen molar-refractivity contribution in [2.45, 2.75) is 12.5 Å². The summed E-state index contributed by atoms with van der Waals surface area (Å²) >= 11 is 0. The van der Waals surface area contributed by atoms with Crippen molar-refractivity contribution >= 4 is 0 Å². The molecule has 4 nitrogen and oxygen atoms in total. The molecule has 0 saturated carbocycles. The molecule has 88 valence electrons. The third-order valence-corrected chi connectivity index (χ3v) is 2.72. The summed E-state index contributed by atoms with van der Waals surface area (Å²) in [5.74, 6) is 2.21. The molecule has 1 saturated heterocycles. The summed E-state index contributed by atoms with van der Waals surface area (Å²) in [5, 5.41) is 3.19. The van der Waals surface area contributed by atoms with E-state index in [4.69, 9.17) is 14.2 Å². The number of methoxy groups -OCH3 is 2. The zero-order valence-electron chi connectivity index (χ0n) is 9.87. The molecule has 0 aliphatic carbocycles. The van der Waals surface area contributed by atoms with Gasteiger partial charge in [-0.15, -0.1) is 0 Å². The lowest BCUT2D eigenvalue weighted by molar-refractivity contribution is 0.0346. The van der Waals surface area contributed by atoms with Crippen LogP contribution in [0.15, 0.2) is 18.2 Å². The Hall–Kier alpha value is -1.42. The summed E-state index contributed by atoms with van der Waals surface area (Å²) in [6.07, 6.45) is 0. The molecular weight excluding hydrogens is 206 g/mol. The Labute approximate surface area is 95.5 Å². The second-order valence-electron chi connectivity index (χ2n) is 4.17. The molecule has 0 amide bonds. The van der Waals surface area contributed by atoms with Crippen molar-refractivity contribution in [3.05, 3.63) is 18.2 Å². The highest BCUT2D eigenvalue weighted by molar-refractivity contribution is 5.45. The van der Waals surface area contributed by atoms with Crippen molar-refractivity contribution < 1.29 is 14.2 Å². The fourth-order valence-corrected chi connectivity index (χ4v) is 1.71. The first-order valence-electron chi connectivity index (χ1n) is 5.29. The third-order valence-electron chi connectivity index (χ3n) is 2.72. The molecule has 1 aromatic rings. The van der Waals surface area contributed by atoms with E-state index in [1.165, 1.54) is 0 Å². The second kappa shape index (κ2) is 4.22. The van der Waals surface area contributed by atoms with Crippen LogP contribution in [0.1, 0.15) is 6.92 Å². The van der Waals surface area contributed by atoms with Gasteiger partial charge in [-0.3, -0.25) is 0 Å². The average Bonchev–Trinajstić information content (AvgIpc) is 2.26. The molecule has 16 heavy (non-hydrogen) atoms. The van der Waals surface area contributed by atoms with Crippen molar-refractivity contribution in [1.29, 1.82) is 0 Å². The SMILES string of the molecule is COc1ccc(OC2(C)CNC2)cc1OC. The molecule has 0 radical (unpaired) electrons. The fraction of sp³-hybridized carbons (Fsp3) is 0.500. The van der Waals surface area contributed by atoms with Crippen LogP contribution >= 0.6 is 0 Å². The van der Waals surface area contributed by atoms with Crippen molar-refractivity contribution in [3.8, 4) is 17.2 Å². The molecule has 1 aliphatic heterocycles. The highest BCUT2D eigenvalue weighted by atomic mass is 16.5. The van der Waals surface area contributed by atoms with Gasteiger partial charge >= 0.3 is 0 Å². The summed E-state index contributed by atoms with van der Waals surface area (Å²) in [5.41, 5.74) is -0.0976. The summed E-state index contributed by atoms with van der Waals surface area (Å²) in [4.78, 5) is 0. The van der Waals surface area contributed by atoms with E-state index in [-0.39, 0.29) is 5.60 Å². The van der Waals surface area contributed by atoms with E-state index in [0.29, 0.717) is 11.5 Å². The maximum absolute atomic E-state index is 5.88. The van der Waals surface area contributed by atoms with E-state index in [9.17, 15) is 0 Å². The molecule has 0 aromatic heterocycles. The predicted octanol–water partition coefficient (Wildman–Crippen LogP) is 1.44. The normalized spacial score (nSPS) is 17.4. The number of rotatable bonds is 4. The Bertz CT molecular complexity index is 375. The minimum absolute atomic E-state index is 0.0976. The van der Waals surface area contributed by atoms with Gasteiger partial charge < -0.3 is 19.5 Å². The minimum atomic E-state index is -0.0976. The fourth-order valence-electron chi connectivity index (χ4n) is 1.71. The van der Waals surface area contributed by atoms with Gasteiger partial charge in [-0.25, -0.2) is 0 Å². The largest absolute Gasteiger partial charge is 0.493 e. The Balaban J connectivity index is 2.15. The molecule has 0 atom stereocenters. The Morgan fingerprint density at radius 2 is 1.81 bits per heavy atom. The molecule has 0 bridgehead atoms. The number of benzene rings is 1. The number of hydrogen-bond acceptors (Lipinski definition) is 4. The minimum Gasteiger partial charge on any atom is -0.493 e. The molecule has 0 spiro atoms. The summed E-state index contributed by atoms with van der Waals surface area (Å²) in [6.45, 7) is 3.84. The van der Waals surface area contributed by atoms with Crippen LogP contribution in [0.4, 0.5) is 0 Å². The first kappa shape index (κ1) is 11.1. The molecular formula is C12H17NO3. The lowest BCUT2D eigenvalue weighted by Gasteiger charge is -2.39. The van der Waals surface area contributed by atoms with Gasteiger partial charge in [-0.1, -0.05) is 0 Å². The topological polar surface area (TPSA) is 39.7 Å². The molecule has 1 aromatic carbocycles. The Kier molecular flexibility index (Phi) is 2.92. The van der Waals surface area contributed by atoms with Gasteiger partial charge in [0.1, 0.15) is 11.4 Å². The highest BCUT2D eigenvalue weighted by Crippen LogP contribution is 2.32. The average molecular weight is 223 g/mol. The molecule has 0 unspecified atom stereocenters. The van der Waals surface area contributed by atoms with E-state index in [1.807, 2.05) is 18.2 Å². The van der Waals surface area contributed by atoms with Gasteiger partial charge in [0.25, 0.3) is 0 Å². The quantitative estimate of drug-likeness (QED) is 0.838. The van der Waals surface area contributed by atoms with Crippen LogP contribution < -0.4 is 19.5 Å². The van der Waals surface area contributed by atoms with Gasteiger partial charge in [-0.05, 0) is 19.1 Å². The van der Waals surface area contributed by atoms with Crippen LogP contribution in [0, 0.1) is 0 Å². The van der Waals surface area contributed by atoms with Crippen molar-refractivity contribution in [1.82, 2.24) is 5.32 Å². The van der Waals surface area contributed by atoms with Crippen molar-refractivity contribution in [2.24, 2.45) is 0 Å². The van der Waals surface area contributed by atoms with Crippen LogP contribution in [-0.2, 0) is 0 Å². The van der Waals surface area contributed by atoms with E-state index in [1.54, 1.807) is 14.2 Å². The van der Waals surface area contributed by atoms with Crippen LogP contribution in [-0.4, -0.2) is 32.9 Å². The highest BCUT2D eigenvalue weighted by Gasteiger charge is 2.33. The summed E-state index contributed by atoms with van der Waals surface area (Å²) in [6, 6.07) is 5.59. The van der Waals surface area contributed by atoms with Crippen molar-refractivity contribution in [3.63, 3.8) is 0 Å². The zero-order valence-corrected chi connectivity index (χ0v) is 9.87. The Morgan fingerprint density at radius 1 is 1.12 bits per heavy atom. The van der Waals surface area contributed by atoms with Gasteiger partial charge in [0.2, 0.25) is 0 Å². The standard InChI is InChI=1S/C12H17NO3/c1-12(7-13-8-12)16-9-4-5-10(14-2)11(6-9)15-3/h4-6,13H,7-8H2,1-3H3. The molecule has 1 aliphatic rings. The number of nitrogens with one attached hydrogen (secondary N) is 1. The maximum atomic E-state index is 5.88. The second-order valence-corrected chi connectivity index (χ2v) is 4.17. The molecule has 4 heteroatoms.